The number of primary amides is 1. The van der Waals surface area contributed by atoms with E-state index in [2.05, 4.69) is 5.32 Å². The average molecular weight is 230 g/mol. The van der Waals surface area contributed by atoms with Gasteiger partial charge in [0.25, 0.3) is 0 Å². The molecule has 0 rings (SSSR count). The molecule has 0 aliphatic rings. The van der Waals surface area contributed by atoms with Gasteiger partial charge in [0.05, 0.1) is 6.42 Å². The number of nitrogens with two attached hydrogens (primary N) is 1. The maximum Gasteiger partial charge on any atom is 0.326 e. The molecule has 2 amide bonds. The van der Waals surface area contributed by atoms with Crippen LogP contribution in [0.5, 0.6) is 0 Å². The van der Waals surface area contributed by atoms with Gasteiger partial charge in [0.2, 0.25) is 11.8 Å². The number of carboxylic acids is 1. The predicted molar refractivity (Wildman–Crippen MR) is 57.4 cm³/mol. The van der Waals surface area contributed by atoms with Gasteiger partial charge in [-0.15, -0.1) is 0 Å². The molecule has 0 aromatic heterocycles. The third-order valence-electron chi connectivity index (χ3n) is 2.27. The van der Waals surface area contributed by atoms with Gasteiger partial charge in [0.1, 0.15) is 6.04 Å². The Labute approximate surface area is 94.2 Å². The lowest BCUT2D eigenvalue weighted by molar-refractivity contribution is -0.143. The van der Waals surface area contributed by atoms with Crippen LogP contribution in [0.25, 0.3) is 0 Å². The Morgan fingerprint density at radius 1 is 1.31 bits per heavy atom. The van der Waals surface area contributed by atoms with Crippen molar-refractivity contribution < 1.29 is 19.5 Å². The summed E-state index contributed by atoms with van der Waals surface area (Å²) in [7, 11) is 0. The van der Waals surface area contributed by atoms with Crippen LogP contribution in [0.15, 0.2) is 0 Å². The summed E-state index contributed by atoms with van der Waals surface area (Å²) in [6.45, 7) is 3.83. The number of aliphatic carboxylic acids is 1. The van der Waals surface area contributed by atoms with Crippen molar-refractivity contribution in [1.29, 1.82) is 0 Å². The second-order valence-corrected chi connectivity index (χ2v) is 3.85. The summed E-state index contributed by atoms with van der Waals surface area (Å²) in [5.41, 5.74) is 4.88. The molecule has 0 saturated carbocycles. The molecule has 6 nitrogen and oxygen atoms in total. The third-order valence-corrected chi connectivity index (χ3v) is 2.27. The molecular formula is C10H18N2O4. The molecule has 0 saturated heterocycles. The van der Waals surface area contributed by atoms with Gasteiger partial charge in [-0.2, -0.15) is 0 Å². The van der Waals surface area contributed by atoms with Crippen molar-refractivity contribution >= 4 is 17.8 Å². The van der Waals surface area contributed by atoms with Gasteiger partial charge in [-0.25, -0.2) is 4.79 Å². The van der Waals surface area contributed by atoms with Crippen molar-refractivity contribution in [2.45, 2.75) is 39.2 Å². The zero-order chi connectivity index (χ0) is 12.7. The van der Waals surface area contributed by atoms with Crippen LogP contribution < -0.4 is 11.1 Å². The third kappa shape index (κ3) is 6.00. The average Bonchev–Trinajstić information content (AvgIpc) is 2.15. The van der Waals surface area contributed by atoms with E-state index in [-0.39, 0.29) is 24.7 Å². The van der Waals surface area contributed by atoms with Gasteiger partial charge < -0.3 is 16.2 Å². The second kappa shape index (κ2) is 6.81. The lowest BCUT2D eigenvalue weighted by Gasteiger charge is -2.14. The number of carboxylic acid groups (broad SMARTS) is 1. The zero-order valence-electron chi connectivity index (χ0n) is 9.53. The number of hydrogen-bond acceptors (Lipinski definition) is 3. The molecule has 0 aromatic carbocycles. The molecule has 0 heterocycles. The fourth-order valence-electron chi connectivity index (χ4n) is 1.12. The van der Waals surface area contributed by atoms with Gasteiger partial charge in [-0.1, -0.05) is 20.3 Å². The minimum absolute atomic E-state index is 0.183. The van der Waals surface area contributed by atoms with Crippen molar-refractivity contribution in [3.63, 3.8) is 0 Å². The molecular weight excluding hydrogens is 212 g/mol. The van der Waals surface area contributed by atoms with Gasteiger partial charge in [-0.05, 0) is 5.92 Å². The number of rotatable bonds is 7. The van der Waals surface area contributed by atoms with Crippen molar-refractivity contribution in [2.24, 2.45) is 11.7 Å². The lowest BCUT2D eigenvalue weighted by atomic mass is 10.0. The van der Waals surface area contributed by atoms with Crippen LogP contribution in [0.3, 0.4) is 0 Å². The van der Waals surface area contributed by atoms with E-state index in [1.165, 1.54) is 0 Å². The van der Waals surface area contributed by atoms with E-state index >= 15 is 0 Å². The summed E-state index contributed by atoms with van der Waals surface area (Å²) in [5, 5.41) is 11.0. The smallest absolute Gasteiger partial charge is 0.326 e. The molecule has 0 aliphatic carbocycles. The SMILES string of the molecule is CCC(C)CC(=O)N[C@@H](CC(N)=O)C(=O)O. The highest BCUT2D eigenvalue weighted by Crippen LogP contribution is 2.06. The van der Waals surface area contributed by atoms with Gasteiger partial charge in [0.15, 0.2) is 0 Å². The normalized spacial score (nSPS) is 13.9. The molecule has 16 heavy (non-hydrogen) atoms. The summed E-state index contributed by atoms with van der Waals surface area (Å²) in [6, 6.07) is -1.23. The van der Waals surface area contributed by atoms with Gasteiger partial charge >= 0.3 is 5.97 Å². The Kier molecular flexibility index (Phi) is 6.14. The first kappa shape index (κ1) is 14.4. The van der Waals surface area contributed by atoms with Crippen LogP contribution in [-0.4, -0.2) is 28.9 Å². The Morgan fingerprint density at radius 2 is 1.88 bits per heavy atom. The summed E-state index contributed by atoms with van der Waals surface area (Å²) in [6.07, 6.45) is 0.696. The Balaban J connectivity index is 4.24. The first-order valence-corrected chi connectivity index (χ1v) is 5.17. The number of hydrogen-bond donors (Lipinski definition) is 3. The summed E-state index contributed by atoms with van der Waals surface area (Å²) in [5.74, 6) is -2.20. The van der Waals surface area contributed by atoms with E-state index in [9.17, 15) is 14.4 Å². The minimum Gasteiger partial charge on any atom is -0.480 e. The maximum absolute atomic E-state index is 11.4. The molecule has 0 aromatic rings. The first-order valence-electron chi connectivity index (χ1n) is 5.17. The van der Waals surface area contributed by atoms with E-state index < -0.39 is 17.9 Å². The van der Waals surface area contributed by atoms with Crippen molar-refractivity contribution in [3.8, 4) is 0 Å². The van der Waals surface area contributed by atoms with Crippen LogP contribution >= 0.6 is 0 Å². The molecule has 0 bridgehead atoms. The molecule has 6 heteroatoms. The number of carbonyl (C=O) groups excluding carboxylic acids is 2. The number of carbonyl (C=O) groups is 3. The van der Waals surface area contributed by atoms with Crippen LogP contribution in [-0.2, 0) is 14.4 Å². The number of amides is 2. The summed E-state index contributed by atoms with van der Waals surface area (Å²) >= 11 is 0. The minimum atomic E-state index is -1.25. The van der Waals surface area contributed by atoms with E-state index in [1.807, 2.05) is 13.8 Å². The highest BCUT2D eigenvalue weighted by atomic mass is 16.4. The fourth-order valence-corrected chi connectivity index (χ4v) is 1.12. The highest BCUT2D eigenvalue weighted by Gasteiger charge is 2.22. The van der Waals surface area contributed by atoms with Gasteiger partial charge in [-0.3, -0.25) is 9.59 Å². The monoisotopic (exact) mass is 230 g/mol. The number of nitrogens with one attached hydrogen (secondary N) is 1. The quantitative estimate of drug-likeness (QED) is 0.565. The van der Waals surface area contributed by atoms with Crippen molar-refractivity contribution in [2.75, 3.05) is 0 Å². The Morgan fingerprint density at radius 3 is 2.25 bits per heavy atom. The molecule has 2 atom stereocenters. The van der Waals surface area contributed by atoms with E-state index in [0.717, 1.165) is 6.42 Å². The molecule has 0 radical (unpaired) electrons. The van der Waals surface area contributed by atoms with Crippen LogP contribution in [0.4, 0.5) is 0 Å². The Bertz CT molecular complexity index is 278. The topological polar surface area (TPSA) is 109 Å². The summed E-state index contributed by atoms with van der Waals surface area (Å²) in [4.78, 5) is 32.7. The van der Waals surface area contributed by atoms with Crippen LogP contribution in [0.1, 0.15) is 33.1 Å². The Hall–Kier alpha value is -1.59. The van der Waals surface area contributed by atoms with E-state index in [4.69, 9.17) is 10.8 Å². The van der Waals surface area contributed by atoms with E-state index in [0.29, 0.717) is 0 Å². The molecule has 92 valence electrons. The molecule has 1 unspecified atom stereocenters. The fraction of sp³-hybridized carbons (Fsp3) is 0.700. The summed E-state index contributed by atoms with van der Waals surface area (Å²) < 4.78 is 0. The highest BCUT2D eigenvalue weighted by molar-refractivity contribution is 5.88. The maximum atomic E-state index is 11.4. The molecule has 0 fully saturated rings. The van der Waals surface area contributed by atoms with Crippen molar-refractivity contribution in [1.82, 2.24) is 5.32 Å². The zero-order valence-corrected chi connectivity index (χ0v) is 9.53. The van der Waals surface area contributed by atoms with Crippen LogP contribution in [0, 0.1) is 5.92 Å². The molecule has 0 spiro atoms. The molecule has 0 aliphatic heterocycles. The largest absolute Gasteiger partial charge is 0.480 e. The lowest BCUT2D eigenvalue weighted by Crippen LogP contribution is -2.43. The first-order chi connectivity index (χ1) is 7.36. The van der Waals surface area contributed by atoms with E-state index in [1.54, 1.807) is 0 Å². The molecule has 4 N–H and O–H groups in total. The second-order valence-electron chi connectivity index (χ2n) is 3.85. The standard InChI is InChI=1S/C10H18N2O4/c1-3-6(2)4-9(14)12-7(10(15)16)5-8(11)13/h6-7H,3-5H2,1-2H3,(H2,11,13)(H,12,14)(H,15,16)/t6?,7-/m0/s1. The van der Waals surface area contributed by atoms with Crippen LogP contribution in [0.2, 0.25) is 0 Å². The van der Waals surface area contributed by atoms with Gasteiger partial charge in [0, 0.05) is 6.42 Å². The predicted octanol–water partition coefficient (Wildman–Crippen LogP) is -0.133. The van der Waals surface area contributed by atoms with Crippen molar-refractivity contribution in [3.05, 3.63) is 0 Å².